The predicted octanol–water partition coefficient (Wildman–Crippen LogP) is 1.55. The van der Waals surface area contributed by atoms with E-state index in [9.17, 15) is 14.0 Å². The van der Waals surface area contributed by atoms with Crippen molar-refractivity contribution in [3.8, 4) is 6.07 Å². The summed E-state index contributed by atoms with van der Waals surface area (Å²) in [4.78, 5) is 32.7. The SMILES string of the molecule is N#CC1CSCN1C(=O)CNC(=O)c1ccnc2ccc(N3CC(F)C3)cc12. The summed E-state index contributed by atoms with van der Waals surface area (Å²) in [6.07, 6.45) is 0.724. The van der Waals surface area contributed by atoms with Crippen molar-refractivity contribution in [3.05, 3.63) is 36.0 Å². The number of thioether (sulfide) groups is 1. The third kappa shape index (κ3) is 3.47. The first-order valence-corrected chi connectivity index (χ1v) is 10.0. The Morgan fingerprint density at radius 2 is 2.18 bits per heavy atom. The van der Waals surface area contributed by atoms with Crippen molar-refractivity contribution in [1.29, 1.82) is 5.26 Å². The van der Waals surface area contributed by atoms with Gasteiger partial charge in [-0.05, 0) is 24.3 Å². The van der Waals surface area contributed by atoms with E-state index >= 15 is 0 Å². The topological polar surface area (TPSA) is 89.3 Å². The van der Waals surface area contributed by atoms with Crippen LogP contribution in [0.25, 0.3) is 10.9 Å². The van der Waals surface area contributed by atoms with E-state index in [1.807, 2.05) is 17.0 Å². The van der Waals surface area contributed by atoms with Gasteiger partial charge in [0.15, 0.2) is 0 Å². The molecule has 4 rings (SSSR count). The van der Waals surface area contributed by atoms with Crippen LogP contribution < -0.4 is 10.2 Å². The summed E-state index contributed by atoms with van der Waals surface area (Å²) in [5.41, 5.74) is 1.90. The van der Waals surface area contributed by atoms with Gasteiger partial charge in [-0.3, -0.25) is 14.6 Å². The van der Waals surface area contributed by atoms with E-state index in [1.165, 1.54) is 16.7 Å². The van der Waals surface area contributed by atoms with E-state index in [4.69, 9.17) is 5.26 Å². The number of nitriles is 1. The lowest BCUT2D eigenvalue weighted by Crippen LogP contribution is -2.48. The van der Waals surface area contributed by atoms with Crippen molar-refractivity contribution >= 4 is 40.2 Å². The maximum absolute atomic E-state index is 13.2. The highest BCUT2D eigenvalue weighted by Crippen LogP contribution is 2.27. The lowest BCUT2D eigenvalue weighted by molar-refractivity contribution is -0.129. The van der Waals surface area contributed by atoms with Gasteiger partial charge in [-0.25, -0.2) is 4.39 Å². The molecule has 0 bridgehead atoms. The molecule has 28 heavy (non-hydrogen) atoms. The number of amides is 2. The number of benzene rings is 1. The highest BCUT2D eigenvalue weighted by molar-refractivity contribution is 7.99. The summed E-state index contributed by atoms with van der Waals surface area (Å²) in [5.74, 6) is 0.383. The van der Waals surface area contributed by atoms with Crippen LogP contribution in [0.3, 0.4) is 0 Å². The number of nitrogens with one attached hydrogen (secondary N) is 1. The van der Waals surface area contributed by atoms with Gasteiger partial charge in [0.25, 0.3) is 5.91 Å². The van der Waals surface area contributed by atoms with Crippen LogP contribution in [0.1, 0.15) is 10.4 Å². The number of halogens is 1. The molecule has 2 amide bonds. The monoisotopic (exact) mass is 399 g/mol. The molecule has 0 spiro atoms. The molecule has 0 saturated carbocycles. The molecule has 1 N–H and O–H groups in total. The zero-order chi connectivity index (χ0) is 19.7. The van der Waals surface area contributed by atoms with Crippen molar-refractivity contribution in [2.24, 2.45) is 0 Å². The Hall–Kier alpha value is -2.86. The fraction of sp³-hybridized carbons (Fsp3) is 0.368. The summed E-state index contributed by atoms with van der Waals surface area (Å²) in [6.45, 7) is 0.516. The Kier molecular flexibility index (Phi) is 5.05. The van der Waals surface area contributed by atoms with E-state index in [0.717, 1.165) is 5.69 Å². The van der Waals surface area contributed by atoms with Gasteiger partial charge in [-0.2, -0.15) is 5.26 Å². The number of carbonyl (C=O) groups is 2. The van der Waals surface area contributed by atoms with Crippen LogP contribution in [-0.4, -0.2) is 65.2 Å². The molecule has 7 nitrogen and oxygen atoms in total. The van der Waals surface area contributed by atoms with Crippen molar-refractivity contribution in [3.63, 3.8) is 0 Å². The van der Waals surface area contributed by atoms with Crippen molar-refractivity contribution in [1.82, 2.24) is 15.2 Å². The summed E-state index contributed by atoms with van der Waals surface area (Å²) >= 11 is 1.52. The third-order valence-corrected chi connectivity index (χ3v) is 5.94. The maximum Gasteiger partial charge on any atom is 0.252 e. The van der Waals surface area contributed by atoms with Crippen LogP contribution in [0.2, 0.25) is 0 Å². The van der Waals surface area contributed by atoms with Crippen molar-refractivity contribution in [2.45, 2.75) is 12.2 Å². The van der Waals surface area contributed by atoms with Crippen LogP contribution in [0.15, 0.2) is 30.5 Å². The first kappa shape index (κ1) is 18.5. The number of hydrogen-bond acceptors (Lipinski definition) is 6. The Morgan fingerprint density at radius 3 is 2.93 bits per heavy atom. The molecule has 1 atom stereocenters. The Balaban J connectivity index is 1.50. The number of anilines is 1. The van der Waals surface area contributed by atoms with E-state index in [0.29, 0.717) is 41.2 Å². The van der Waals surface area contributed by atoms with Crippen molar-refractivity contribution < 1.29 is 14.0 Å². The minimum Gasteiger partial charge on any atom is -0.366 e. The van der Waals surface area contributed by atoms with Gasteiger partial charge in [0.1, 0.15) is 12.2 Å². The van der Waals surface area contributed by atoms with E-state index < -0.39 is 12.2 Å². The molecule has 9 heteroatoms. The maximum atomic E-state index is 13.2. The molecule has 2 aromatic rings. The van der Waals surface area contributed by atoms with E-state index in [2.05, 4.69) is 16.4 Å². The first-order valence-electron chi connectivity index (χ1n) is 8.89. The second kappa shape index (κ2) is 7.64. The summed E-state index contributed by atoms with van der Waals surface area (Å²) in [7, 11) is 0. The van der Waals surface area contributed by atoms with Crippen molar-refractivity contribution in [2.75, 3.05) is 36.2 Å². The normalized spacial score (nSPS) is 19.4. The third-order valence-electron chi connectivity index (χ3n) is 4.92. The highest BCUT2D eigenvalue weighted by atomic mass is 32.2. The second-order valence-corrected chi connectivity index (χ2v) is 7.75. The standard InChI is InChI=1S/C19H18FN5O2S/c20-12-8-24(9-12)13-1-2-17-16(5-13)15(3-4-22-17)19(27)23-7-18(26)25-11-28-10-14(25)6-21/h1-5,12,14H,7-11H2,(H,23,27). The van der Waals surface area contributed by atoms with Crippen LogP contribution in [0, 0.1) is 11.3 Å². The molecule has 1 aromatic carbocycles. The predicted molar refractivity (Wildman–Crippen MR) is 105 cm³/mol. The molecular formula is C19H18FN5O2S. The highest BCUT2D eigenvalue weighted by Gasteiger charge is 2.29. The minimum atomic E-state index is -0.820. The number of carbonyl (C=O) groups excluding carboxylic acids is 2. The lowest BCUT2D eigenvalue weighted by Gasteiger charge is -2.36. The Labute approximate surface area is 165 Å². The van der Waals surface area contributed by atoms with Crippen LogP contribution in [0.5, 0.6) is 0 Å². The summed E-state index contributed by atoms with van der Waals surface area (Å²) in [6, 6.07) is 8.74. The molecule has 2 aliphatic heterocycles. The molecule has 0 radical (unpaired) electrons. The number of nitrogens with zero attached hydrogens (tertiary/aromatic N) is 4. The summed E-state index contributed by atoms with van der Waals surface area (Å²) < 4.78 is 13.2. The van der Waals surface area contributed by atoms with Gasteiger partial charge < -0.3 is 15.1 Å². The molecule has 3 heterocycles. The molecule has 2 saturated heterocycles. The van der Waals surface area contributed by atoms with Crippen LogP contribution in [0.4, 0.5) is 10.1 Å². The number of pyridine rings is 1. The van der Waals surface area contributed by atoms with Gasteiger partial charge in [0, 0.05) is 23.0 Å². The van der Waals surface area contributed by atoms with Crippen LogP contribution in [-0.2, 0) is 4.79 Å². The minimum absolute atomic E-state index is 0.170. The second-order valence-electron chi connectivity index (χ2n) is 6.75. The van der Waals surface area contributed by atoms with E-state index in [1.54, 1.807) is 18.3 Å². The molecule has 2 aliphatic rings. The van der Waals surface area contributed by atoms with Gasteiger partial charge in [-0.15, -0.1) is 11.8 Å². The zero-order valence-electron chi connectivity index (χ0n) is 15.0. The average molecular weight is 399 g/mol. The largest absolute Gasteiger partial charge is 0.366 e. The first-order chi connectivity index (χ1) is 13.6. The Morgan fingerprint density at radius 1 is 1.36 bits per heavy atom. The fourth-order valence-electron chi connectivity index (χ4n) is 3.31. The number of aromatic nitrogens is 1. The fourth-order valence-corrected chi connectivity index (χ4v) is 4.42. The van der Waals surface area contributed by atoms with Gasteiger partial charge in [0.2, 0.25) is 5.91 Å². The zero-order valence-corrected chi connectivity index (χ0v) is 15.8. The lowest BCUT2D eigenvalue weighted by atomic mass is 10.1. The number of alkyl halides is 1. The molecule has 0 aliphatic carbocycles. The molecule has 2 fully saturated rings. The number of hydrogen-bond donors (Lipinski definition) is 1. The van der Waals surface area contributed by atoms with Gasteiger partial charge >= 0.3 is 0 Å². The smallest absolute Gasteiger partial charge is 0.252 e. The van der Waals surface area contributed by atoms with Crippen LogP contribution >= 0.6 is 11.8 Å². The van der Waals surface area contributed by atoms with E-state index in [-0.39, 0.29) is 18.4 Å². The molecular weight excluding hydrogens is 381 g/mol. The number of fused-ring (bicyclic) bond motifs is 1. The molecule has 1 aromatic heterocycles. The summed E-state index contributed by atoms with van der Waals surface area (Å²) in [5, 5.41) is 12.4. The Bertz CT molecular complexity index is 972. The quantitative estimate of drug-likeness (QED) is 0.839. The van der Waals surface area contributed by atoms with Gasteiger partial charge in [0.05, 0.1) is 42.7 Å². The average Bonchev–Trinajstić information content (AvgIpc) is 3.17. The van der Waals surface area contributed by atoms with Gasteiger partial charge in [-0.1, -0.05) is 0 Å². The molecule has 144 valence electrons. The molecule has 1 unspecified atom stereocenters. The number of rotatable bonds is 4.